The highest BCUT2D eigenvalue weighted by atomic mass is 79.9. The van der Waals surface area contributed by atoms with E-state index in [2.05, 4.69) is 20.9 Å². The standard InChI is InChI=1S/C13H9BrCl3NO2/c14-8-1-3-9(4-2-8)18-7-10-5-6-11(20-10)12(19)13(15,16)17/h1-7,12,19H/t12-/m0/s1. The molecule has 2 aromatic rings. The SMILES string of the molecule is O[C@@H](c1ccc(C=Nc2ccc(Br)cc2)o1)C(Cl)(Cl)Cl. The summed E-state index contributed by atoms with van der Waals surface area (Å²) in [5.74, 6) is 0.624. The van der Waals surface area contributed by atoms with Gasteiger partial charge in [0.25, 0.3) is 0 Å². The zero-order valence-electron chi connectivity index (χ0n) is 9.93. The van der Waals surface area contributed by atoms with Crippen LogP contribution >= 0.6 is 50.7 Å². The third-order valence-electron chi connectivity index (χ3n) is 2.39. The van der Waals surface area contributed by atoms with Crippen molar-refractivity contribution in [1.29, 1.82) is 0 Å². The number of rotatable bonds is 3. The van der Waals surface area contributed by atoms with Gasteiger partial charge in [-0.25, -0.2) is 0 Å². The molecule has 7 heteroatoms. The normalized spacial score (nSPS) is 13.8. The van der Waals surface area contributed by atoms with Gasteiger partial charge in [-0.05, 0) is 36.4 Å². The van der Waals surface area contributed by atoms with Crippen LogP contribution < -0.4 is 0 Å². The Labute approximate surface area is 139 Å². The number of aliphatic hydroxyl groups is 1. The van der Waals surface area contributed by atoms with E-state index >= 15 is 0 Å². The Hall–Kier alpha value is -0.520. The lowest BCUT2D eigenvalue weighted by Crippen LogP contribution is -2.15. The number of aliphatic imine (C=N–C) groups is 1. The average molecular weight is 397 g/mol. The molecule has 1 N–H and O–H groups in total. The van der Waals surface area contributed by atoms with Crippen LogP contribution in [-0.2, 0) is 0 Å². The average Bonchev–Trinajstić information content (AvgIpc) is 2.85. The van der Waals surface area contributed by atoms with E-state index in [0.717, 1.165) is 10.2 Å². The number of halogens is 4. The van der Waals surface area contributed by atoms with E-state index in [1.165, 1.54) is 12.3 Å². The van der Waals surface area contributed by atoms with E-state index < -0.39 is 9.90 Å². The van der Waals surface area contributed by atoms with E-state index in [-0.39, 0.29) is 5.76 Å². The van der Waals surface area contributed by atoms with E-state index in [1.807, 2.05) is 24.3 Å². The molecule has 0 saturated heterocycles. The van der Waals surface area contributed by atoms with Crippen molar-refractivity contribution in [1.82, 2.24) is 0 Å². The van der Waals surface area contributed by atoms with Crippen LogP contribution in [0.25, 0.3) is 0 Å². The molecule has 0 spiro atoms. The lowest BCUT2D eigenvalue weighted by molar-refractivity contribution is 0.153. The number of furan rings is 1. The highest BCUT2D eigenvalue weighted by Gasteiger charge is 2.34. The van der Waals surface area contributed by atoms with Gasteiger partial charge in [-0.2, -0.15) is 0 Å². The number of hydrogen-bond acceptors (Lipinski definition) is 3. The van der Waals surface area contributed by atoms with Crippen molar-refractivity contribution in [3.63, 3.8) is 0 Å². The quantitative estimate of drug-likeness (QED) is 0.572. The lowest BCUT2D eigenvalue weighted by atomic mass is 10.3. The van der Waals surface area contributed by atoms with Gasteiger partial charge in [0.1, 0.15) is 11.5 Å². The molecule has 106 valence electrons. The Kier molecular flexibility index (Phi) is 5.15. The summed E-state index contributed by atoms with van der Waals surface area (Å²) >= 11 is 20.1. The predicted molar refractivity (Wildman–Crippen MR) is 85.4 cm³/mol. The van der Waals surface area contributed by atoms with Crippen LogP contribution in [0.15, 0.2) is 50.3 Å². The molecule has 0 bridgehead atoms. The third-order valence-corrected chi connectivity index (χ3v) is 3.54. The van der Waals surface area contributed by atoms with Crippen LogP contribution in [0.2, 0.25) is 0 Å². The van der Waals surface area contributed by atoms with Crippen molar-refractivity contribution in [3.05, 3.63) is 52.4 Å². The van der Waals surface area contributed by atoms with E-state index in [9.17, 15) is 5.11 Å². The fraction of sp³-hybridized carbons (Fsp3) is 0.154. The van der Waals surface area contributed by atoms with Crippen LogP contribution in [0.3, 0.4) is 0 Å². The topological polar surface area (TPSA) is 45.7 Å². The minimum absolute atomic E-state index is 0.169. The maximum Gasteiger partial charge on any atom is 0.223 e. The second-order valence-corrected chi connectivity index (χ2v) is 7.20. The first-order chi connectivity index (χ1) is 9.36. The molecule has 0 fully saturated rings. The van der Waals surface area contributed by atoms with Gasteiger partial charge in [-0.1, -0.05) is 50.7 Å². The van der Waals surface area contributed by atoms with Crippen molar-refractivity contribution in [2.24, 2.45) is 4.99 Å². The second-order valence-electron chi connectivity index (χ2n) is 3.92. The van der Waals surface area contributed by atoms with Gasteiger partial charge in [0.2, 0.25) is 3.79 Å². The Balaban J connectivity index is 2.12. The molecule has 0 amide bonds. The molecule has 1 aromatic carbocycles. The van der Waals surface area contributed by atoms with Gasteiger partial charge in [-0.3, -0.25) is 4.99 Å². The highest BCUT2D eigenvalue weighted by Crippen LogP contribution is 2.39. The number of hydrogen-bond donors (Lipinski definition) is 1. The van der Waals surface area contributed by atoms with Crippen LogP contribution in [0, 0.1) is 0 Å². The summed E-state index contributed by atoms with van der Waals surface area (Å²) in [5.41, 5.74) is 0.771. The van der Waals surface area contributed by atoms with Crippen molar-refractivity contribution < 1.29 is 9.52 Å². The fourth-order valence-corrected chi connectivity index (χ4v) is 2.00. The first-order valence-electron chi connectivity index (χ1n) is 5.50. The van der Waals surface area contributed by atoms with E-state index in [0.29, 0.717) is 5.76 Å². The number of alkyl halides is 3. The van der Waals surface area contributed by atoms with Crippen LogP contribution in [0.4, 0.5) is 5.69 Å². The van der Waals surface area contributed by atoms with Gasteiger partial charge in [-0.15, -0.1) is 0 Å². The van der Waals surface area contributed by atoms with Gasteiger partial charge in [0, 0.05) is 4.47 Å². The summed E-state index contributed by atoms with van der Waals surface area (Å²) in [5, 5.41) is 9.75. The fourth-order valence-electron chi connectivity index (χ4n) is 1.41. The summed E-state index contributed by atoms with van der Waals surface area (Å²) in [7, 11) is 0. The van der Waals surface area contributed by atoms with Crippen LogP contribution in [-0.4, -0.2) is 15.1 Å². The maximum atomic E-state index is 9.75. The van der Waals surface area contributed by atoms with Crippen molar-refractivity contribution >= 4 is 62.6 Å². The first-order valence-corrected chi connectivity index (χ1v) is 7.43. The van der Waals surface area contributed by atoms with Crippen molar-refractivity contribution in [2.75, 3.05) is 0 Å². The monoisotopic (exact) mass is 395 g/mol. The summed E-state index contributed by atoms with van der Waals surface area (Å²) in [6.45, 7) is 0. The molecule has 0 aliphatic heterocycles. The summed E-state index contributed by atoms with van der Waals surface area (Å²) in [6, 6.07) is 10.6. The van der Waals surface area contributed by atoms with Gasteiger partial charge >= 0.3 is 0 Å². The Morgan fingerprint density at radius 1 is 1.15 bits per heavy atom. The molecule has 0 unspecified atom stereocenters. The van der Waals surface area contributed by atoms with Crippen LogP contribution in [0.1, 0.15) is 17.6 Å². The molecule has 0 aliphatic rings. The Morgan fingerprint density at radius 3 is 2.40 bits per heavy atom. The van der Waals surface area contributed by atoms with Crippen LogP contribution in [0.5, 0.6) is 0 Å². The Bertz CT molecular complexity index is 605. The Morgan fingerprint density at radius 2 is 1.80 bits per heavy atom. The van der Waals surface area contributed by atoms with Gasteiger partial charge in [0.05, 0.1) is 11.9 Å². The molecule has 2 rings (SSSR count). The first kappa shape index (κ1) is 15.9. The molecule has 0 aliphatic carbocycles. The highest BCUT2D eigenvalue weighted by molar-refractivity contribution is 9.10. The largest absolute Gasteiger partial charge is 0.457 e. The summed E-state index contributed by atoms with van der Waals surface area (Å²) < 4.78 is 4.49. The lowest BCUT2D eigenvalue weighted by Gasteiger charge is -2.15. The molecular weight excluding hydrogens is 388 g/mol. The second kappa shape index (κ2) is 6.50. The molecular formula is C13H9BrCl3NO2. The molecule has 0 radical (unpaired) electrons. The molecule has 20 heavy (non-hydrogen) atoms. The summed E-state index contributed by atoms with van der Waals surface area (Å²) in [6.07, 6.45) is 0.194. The maximum absolute atomic E-state index is 9.75. The number of nitrogens with zero attached hydrogens (tertiary/aromatic N) is 1. The van der Waals surface area contributed by atoms with Crippen molar-refractivity contribution in [2.45, 2.75) is 9.90 Å². The number of benzene rings is 1. The van der Waals surface area contributed by atoms with Crippen molar-refractivity contribution in [3.8, 4) is 0 Å². The minimum atomic E-state index is -1.84. The minimum Gasteiger partial charge on any atom is -0.457 e. The molecule has 1 atom stereocenters. The van der Waals surface area contributed by atoms with Gasteiger partial charge < -0.3 is 9.52 Å². The third kappa shape index (κ3) is 4.24. The molecule has 3 nitrogen and oxygen atoms in total. The number of aliphatic hydroxyl groups excluding tert-OH is 1. The predicted octanol–water partition coefficient (Wildman–Crippen LogP) is 5.20. The molecule has 1 aromatic heterocycles. The zero-order chi connectivity index (χ0) is 14.8. The molecule has 0 saturated carbocycles. The van der Waals surface area contributed by atoms with E-state index in [4.69, 9.17) is 39.2 Å². The summed E-state index contributed by atoms with van der Waals surface area (Å²) in [4.78, 5) is 4.23. The van der Waals surface area contributed by atoms with E-state index in [1.54, 1.807) is 6.07 Å². The molecule has 1 heterocycles. The smallest absolute Gasteiger partial charge is 0.223 e. The zero-order valence-corrected chi connectivity index (χ0v) is 13.8. The van der Waals surface area contributed by atoms with Gasteiger partial charge in [0.15, 0.2) is 6.10 Å².